The zero-order chi connectivity index (χ0) is 19.0. The second-order valence-corrected chi connectivity index (χ2v) is 7.39. The molecule has 0 bridgehead atoms. The number of fused-ring (bicyclic) bond motifs is 1. The first-order valence-corrected chi connectivity index (χ1v) is 9.40. The van der Waals surface area contributed by atoms with Gasteiger partial charge in [0.2, 0.25) is 5.75 Å². The van der Waals surface area contributed by atoms with Crippen LogP contribution in [0.15, 0.2) is 34.4 Å². The van der Waals surface area contributed by atoms with E-state index in [2.05, 4.69) is 14.9 Å². The van der Waals surface area contributed by atoms with Crippen molar-refractivity contribution in [2.75, 3.05) is 13.7 Å². The van der Waals surface area contributed by atoms with Gasteiger partial charge in [-0.15, -0.1) is 11.3 Å². The molecular weight excluding hydrogens is 366 g/mol. The molecule has 0 saturated heterocycles. The van der Waals surface area contributed by atoms with Crippen molar-refractivity contribution in [1.29, 1.82) is 0 Å². The van der Waals surface area contributed by atoms with Gasteiger partial charge in [-0.05, 0) is 35.6 Å². The van der Waals surface area contributed by atoms with E-state index >= 15 is 0 Å². The molecule has 4 rings (SSSR count). The van der Waals surface area contributed by atoms with Crippen molar-refractivity contribution in [3.63, 3.8) is 0 Å². The monoisotopic (exact) mass is 385 g/mol. The molecule has 1 aliphatic rings. The molecule has 0 radical (unpaired) electrons. The molecule has 3 N–H and O–H groups in total. The van der Waals surface area contributed by atoms with Crippen molar-refractivity contribution in [2.24, 2.45) is 0 Å². The standard InChI is InChI=1S/C19H19N3O4S/c1-26-15-8-11(7-14(23)17(15)24)9-22-5-4-12-13(10-22)20-18(21-19(12)25)16-3-2-6-27-16/h2-3,6-8,23-24H,4-5,9-10H2,1H3,(H,20,21,25). The molecule has 0 unspecified atom stereocenters. The smallest absolute Gasteiger partial charge is 0.254 e. The van der Waals surface area contributed by atoms with Gasteiger partial charge < -0.3 is 19.9 Å². The van der Waals surface area contributed by atoms with Crippen LogP contribution in [0, 0.1) is 0 Å². The number of aromatic amines is 1. The fourth-order valence-electron chi connectivity index (χ4n) is 3.31. The third-order valence-corrected chi connectivity index (χ3v) is 5.52. The number of aromatic hydroxyl groups is 2. The van der Waals surface area contributed by atoms with Crippen molar-refractivity contribution in [1.82, 2.24) is 14.9 Å². The molecule has 7 nitrogen and oxygen atoms in total. The van der Waals surface area contributed by atoms with Crippen LogP contribution < -0.4 is 10.3 Å². The normalized spacial score (nSPS) is 14.1. The van der Waals surface area contributed by atoms with Crippen molar-refractivity contribution < 1.29 is 14.9 Å². The summed E-state index contributed by atoms with van der Waals surface area (Å²) in [5.74, 6) is 0.354. The molecule has 0 amide bonds. The number of nitrogens with zero attached hydrogens (tertiary/aromatic N) is 2. The number of hydrogen-bond acceptors (Lipinski definition) is 7. The molecule has 1 aliphatic heterocycles. The van der Waals surface area contributed by atoms with E-state index < -0.39 is 0 Å². The Balaban J connectivity index is 1.60. The summed E-state index contributed by atoms with van der Waals surface area (Å²) in [6.45, 7) is 1.80. The summed E-state index contributed by atoms with van der Waals surface area (Å²) >= 11 is 1.53. The fourth-order valence-corrected chi connectivity index (χ4v) is 3.98. The van der Waals surface area contributed by atoms with Crippen LogP contribution in [0.4, 0.5) is 0 Å². The second kappa shape index (κ2) is 7.05. The van der Waals surface area contributed by atoms with E-state index in [9.17, 15) is 15.0 Å². The lowest BCUT2D eigenvalue weighted by atomic mass is 10.1. The van der Waals surface area contributed by atoms with E-state index in [1.54, 1.807) is 6.07 Å². The topological polar surface area (TPSA) is 98.7 Å². The minimum absolute atomic E-state index is 0.0769. The molecule has 0 spiro atoms. The first-order valence-electron chi connectivity index (χ1n) is 8.52. The van der Waals surface area contributed by atoms with Crippen LogP contribution in [-0.4, -0.2) is 38.7 Å². The number of thiophene rings is 1. The molecule has 140 valence electrons. The maximum absolute atomic E-state index is 12.4. The van der Waals surface area contributed by atoms with E-state index in [1.807, 2.05) is 17.5 Å². The summed E-state index contributed by atoms with van der Waals surface area (Å²) < 4.78 is 5.10. The van der Waals surface area contributed by atoms with E-state index in [0.29, 0.717) is 31.9 Å². The van der Waals surface area contributed by atoms with Gasteiger partial charge in [0.25, 0.3) is 5.56 Å². The Labute approximate surface area is 159 Å². The molecule has 2 aromatic heterocycles. The van der Waals surface area contributed by atoms with E-state index in [1.165, 1.54) is 24.5 Å². The zero-order valence-corrected chi connectivity index (χ0v) is 15.5. The summed E-state index contributed by atoms with van der Waals surface area (Å²) in [6.07, 6.45) is 0.615. The van der Waals surface area contributed by atoms with Crippen LogP contribution in [0.2, 0.25) is 0 Å². The Kier molecular flexibility index (Phi) is 4.59. The summed E-state index contributed by atoms with van der Waals surface area (Å²) in [7, 11) is 1.44. The third-order valence-electron chi connectivity index (χ3n) is 4.65. The highest BCUT2D eigenvalue weighted by molar-refractivity contribution is 7.13. The van der Waals surface area contributed by atoms with Crippen LogP contribution >= 0.6 is 11.3 Å². The fraction of sp³-hybridized carbons (Fsp3) is 0.263. The van der Waals surface area contributed by atoms with Gasteiger partial charge in [0, 0.05) is 25.2 Å². The minimum atomic E-state index is -0.265. The van der Waals surface area contributed by atoms with Gasteiger partial charge in [-0.3, -0.25) is 9.69 Å². The van der Waals surface area contributed by atoms with Gasteiger partial charge in [-0.25, -0.2) is 4.98 Å². The average molecular weight is 385 g/mol. The quantitative estimate of drug-likeness (QED) is 0.597. The number of aromatic nitrogens is 2. The predicted octanol–water partition coefficient (Wildman–Crippen LogP) is 2.48. The number of hydrogen-bond donors (Lipinski definition) is 3. The first kappa shape index (κ1) is 17.6. The largest absolute Gasteiger partial charge is 0.504 e. The van der Waals surface area contributed by atoms with Crippen LogP contribution in [-0.2, 0) is 19.5 Å². The molecule has 0 saturated carbocycles. The Morgan fingerprint density at radius 2 is 2.22 bits per heavy atom. The second-order valence-electron chi connectivity index (χ2n) is 6.44. The minimum Gasteiger partial charge on any atom is -0.504 e. The zero-order valence-electron chi connectivity index (χ0n) is 14.7. The molecule has 0 atom stereocenters. The molecular formula is C19H19N3O4S. The Bertz CT molecular complexity index is 1030. The summed E-state index contributed by atoms with van der Waals surface area (Å²) in [4.78, 5) is 23.1. The number of phenols is 2. The highest BCUT2D eigenvalue weighted by atomic mass is 32.1. The van der Waals surface area contributed by atoms with E-state index in [-0.39, 0.29) is 22.8 Å². The SMILES string of the molecule is COc1cc(CN2CCc3c(nc(-c4cccs4)[nH]c3=O)C2)cc(O)c1O. The number of ether oxygens (including phenoxy) is 1. The Morgan fingerprint density at radius 3 is 2.96 bits per heavy atom. The number of benzene rings is 1. The lowest BCUT2D eigenvalue weighted by molar-refractivity contribution is 0.239. The van der Waals surface area contributed by atoms with Crippen LogP contribution in [0.1, 0.15) is 16.8 Å². The molecule has 8 heteroatoms. The maximum atomic E-state index is 12.4. The highest BCUT2D eigenvalue weighted by Crippen LogP contribution is 2.36. The Morgan fingerprint density at radius 1 is 1.37 bits per heavy atom. The highest BCUT2D eigenvalue weighted by Gasteiger charge is 2.22. The maximum Gasteiger partial charge on any atom is 0.254 e. The van der Waals surface area contributed by atoms with Gasteiger partial charge in [-0.1, -0.05) is 6.07 Å². The van der Waals surface area contributed by atoms with Gasteiger partial charge in [-0.2, -0.15) is 0 Å². The van der Waals surface area contributed by atoms with Crippen molar-refractivity contribution >= 4 is 11.3 Å². The van der Waals surface area contributed by atoms with Crippen molar-refractivity contribution in [2.45, 2.75) is 19.5 Å². The van der Waals surface area contributed by atoms with Gasteiger partial charge in [0.15, 0.2) is 17.3 Å². The lowest BCUT2D eigenvalue weighted by Gasteiger charge is -2.27. The number of methoxy groups -OCH3 is 1. The van der Waals surface area contributed by atoms with Crippen LogP contribution in [0.5, 0.6) is 17.2 Å². The number of phenolic OH excluding ortho intramolecular Hbond substituents is 2. The number of nitrogens with one attached hydrogen (secondary N) is 1. The van der Waals surface area contributed by atoms with Gasteiger partial charge in [0.1, 0.15) is 0 Å². The van der Waals surface area contributed by atoms with Crippen LogP contribution in [0.3, 0.4) is 0 Å². The third kappa shape index (κ3) is 3.41. The van der Waals surface area contributed by atoms with Gasteiger partial charge >= 0.3 is 0 Å². The Hall–Kier alpha value is -2.84. The molecule has 0 aliphatic carbocycles. The predicted molar refractivity (Wildman–Crippen MR) is 102 cm³/mol. The molecule has 1 aromatic carbocycles. The first-order chi connectivity index (χ1) is 13.0. The molecule has 3 heterocycles. The summed E-state index contributed by atoms with van der Waals surface area (Å²) in [6, 6.07) is 7.08. The molecule has 27 heavy (non-hydrogen) atoms. The van der Waals surface area contributed by atoms with Crippen LogP contribution in [0.25, 0.3) is 10.7 Å². The summed E-state index contributed by atoms with van der Waals surface area (Å²) in [5.41, 5.74) is 2.25. The van der Waals surface area contributed by atoms with E-state index in [0.717, 1.165) is 21.7 Å². The van der Waals surface area contributed by atoms with Crippen molar-refractivity contribution in [3.05, 3.63) is 56.8 Å². The number of rotatable bonds is 4. The van der Waals surface area contributed by atoms with Crippen molar-refractivity contribution in [3.8, 4) is 28.0 Å². The number of H-pyrrole nitrogens is 1. The molecule has 3 aromatic rings. The molecule has 0 fully saturated rings. The summed E-state index contributed by atoms with van der Waals surface area (Å²) in [5, 5.41) is 21.6. The average Bonchev–Trinajstić information content (AvgIpc) is 3.19. The van der Waals surface area contributed by atoms with E-state index in [4.69, 9.17) is 4.74 Å². The lowest BCUT2D eigenvalue weighted by Crippen LogP contribution is -2.35. The van der Waals surface area contributed by atoms with Gasteiger partial charge in [0.05, 0.1) is 17.7 Å².